The van der Waals surface area contributed by atoms with Crippen LogP contribution in [0.3, 0.4) is 0 Å². The summed E-state index contributed by atoms with van der Waals surface area (Å²) >= 11 is 4.77. The van der Waals surface area contributed by atoms with Crippen LogP contribution in [0.1, 0.15) is 10.4 Å². The van der Waals surface area contributed by atoms with Gasteiger partial charge in [0.2, 0.25) is 0 Å². The highest BCUT2D eigenvalue weighted by molar-refractivity contribution is 9.10. The number of carbonyl (C=O) groups is 1. The maximum Gasteiger partial charge on any atom is 0.257 e. The summed E-state index contributed by atoms with van der Waals surface area (Å²) in [5.74, 6) is 0.0528. The summed E-state index contributed by atoms with van der Waals surface area (Å²) in [5.41, 5.74) is 2.92. The molecule has 150 valence electrons. The molecule has 4 aromatic rings. The molecule has 1 heterocycles. The molecule has 0 aliphatic carbocycles. The van der Waals surface area contributed by atoms with Gasteiger partial charge in [0.25, 0.3) is 5.91 Å². The first-order valence-corrected chi connectivity index (χ1v) is 10.6. The van der Waals surface area contributed by atoms with E-state index in [2.05, 4.69) is 26.2 Å². The average Bonchev–Trinajstić information content (AvgIpc) is 3.18. The molecule has 0 bridgehead atoms. The lowest BCUT2D eigenvalue weighted by atomic mass is 10.1. The first-order chi connectivity index (χ1) is 14.5. The number of halogens is 2. The van der Waals surface area contributed by atoms with E-state index in [4.69, 9.17) is 4.74 Å². The van der Waals surface area contributed by atoms with Crippen molar-refractivity contribution in [3.05, 3.63) is 88.6 Å². The van der Waals surface area contributed by atoms with Crippen molar-refractivity contribution in [1.82, 2.24) is 4.98 Å². The molecule has 0 fully saturated rings. The van der Waals surface area contributed by atoms with Crippen LogP contribution in [-0.2, 0) is 0 Å². The first-order valence-electron chi connectivity index (χ1n) is 9.02. The van der Waals surface area contributed by atoms with Crippen molar-refractivity contribution in [3.8, 4) is 27.4 Å². The van der Waals surface area contributed by atoms with Gasteiger partial charge in [-0.25, -0.2) is 9.37 Å². The van der Waals surface area contributed by atoms with Gasteiger partial charge >= 0.3 is 0 Å². The lowest BCUT2D eigenvalue weighted by molar-refractivity contribution is 0.102. The van der Waals surface area contributed by atoms with Crippen molar-refractivity contribution in [3.63, 3.8) is 0 Å². The van der Waals surface area contributed by atoms with Crippen LogP contribution in [-0.4, -0.2) is 18.0 Å². The Bertz CT molecular complexity index is 1190. The third-order valence-corrected chi connectivity index (χ3v) is 6.05. The molecule has 1 amide bonds. The molecule has 0 spiro atoms. The third kappa shape index (κ3) is 4.27. The van der Waals surface area contributed by atoms with Gasteiger partial charge in [0, 0.05) is 11.1 Å². The zero-order chi connectivity index (χ0) is 21.1. The molecular weight excluding hydrogens is 467 g/mol. The number of carbonyl (C=O) groups excluding carboxylic acids is 1. The van der Waals surface area contributed by atoms with Gasteiger partial charge in [0.1, 0.15) is 11.6 Å². The minimum atomic E-state index is -0.311. The summed E-state index contributed by atoms with van der Waals surface area (Å²) in [6, 6.07) is 21.0. The Labute approximate surface area is 185 Å². The molecule has 0 radical (unpaired) electrons. The van der Waals surface area contributed by atoms with Crippen molar-refractivity contribution in [1.29, 1.82) is 0 Å². The zero-order valence-electron chi connectivity index (χ0n) is 15.9. The zero-order valence-corrected chi connectivity index (χ0v) is 18.3. The van der Waals surface area contributed by atoms with E-state index >= 15 is 0 Å². The Balaban J connectivity index is 1.69. The van der Waals surface area contributed by atoms with Crippen LogP contribution < -0.4 is 10.1 Å². The van der Waals surface area contributed by atoms with Crippen LogP contribution >= 0.6 is 27.3 Å². The molecule has 1 aromatic heterocycles. The third-order valence-electron chi connectivity index (χ3n) is 4.42. The fraction of sp³-hybridized carbons (Fsp3) is 0.0435. The number of hydrogen-bond donors (Lipinski definition) is 1. The number of thiazole rings is 1. The Kier molecular flexibility index (Phi) is 5.92. The Hall–Kier alpha value is -3.03. The number of rotatable bonds is 5. The smallest absolute Gasteiger partial charge is 0.257 e. The lowest BCUT2D eigenvalue weighted by Crippen LogP contribution is -2.11. The Morgan fingerprint density at radius 3 is 2.43 bits per heavy atom. The number of amides is 1. The van der Waals surface area contributed by atoms with Crippen molar-refractivity contribution >= 4 is 38.3 Å². The van der Waals surface area contributed by atoms with Gasteiger partial charge in [-0.2, -0.15) is 0 Å². The molecule has 30 heavy (non-hydrogen) atoms. The second-order valence-electron chi connectivity index (χ2n) is 6.37. The Morgan fingerprint density at radius 1 is 1.03 bits per heavy atom. The van der Waals surface area contributed by atoms with Gasteiger partial charge in [-0.05, 0) is 64.0 Å². The predicted molar refractivity (Wildman–Crippen MR) is 122 cm³/mol. The summed E-state index contributed by atoms with van der Waals surface area (Å²) < 4.78 is 19.3. The fourth-order valence-electron chi connectivity index (χ4n) is 2.94. The van der Waals surface area contributed by atoms with Crippen LogP contribution in [0, 0.1) is 5.82 Å². The van der Waals surface area contributed by atoms with Gasteiger partial charge in [0.15, 0.2) is 5.13 Å². The number of nitrogens with one attached hydrogen (secondary N) is 1. The van der Waals surface area contributed by atoms with E-state index in [0.29, 0.717) is 26.6 Å². The van der Waals surface area contributed by atoms with E-state index in [1.807, 2.05) is 30.3 Å². The molecule has 0 aliphatic rings. The highest BCUT2D eigenvalue weighted by atomic mass is 79.9. The fourth-order valence-corrected chi connectivity index (χ4v) is 4.47. The molecule has 0 unspecified atom stereocenters. The minimum absolute atomic E-state index is 0.280. The highest BCUT2D eigenvalue weighted by Crippen LogP contribution is 2.39. The average molecular weight is 483 g/mol. The van der Waals surface area contributed by atoms with Gasteiger partial charge < -0.3 is 4.74 Å². The summed E-state index contributed by atoms with van der Waals surface area (Å²) in [4.78, 5) is 18.3. The monoisotopic (exact) mass is 482 g/mol. The van der Waals surface area contributed by atoms with Crippen LogP contribution in [0.15, 0.2) is 77.3 Å². The molecular formula is C23H16BrFN2O2S. The molecule has 4 rings (SSSR count). The second-order valence-corrected chi connectivity index (χ2v) is 8.23. The number of benzene rings is 3. The second kappa shape index (κ2) is 8.77. The number of ether oxygens (including phenoxy) is 1. The standard InChI is InChI=1S/C23H16BrFN2O2S/c1-29-19-12-9-16(13-18(19)24)22(28)27-23-26-20(14-7-10-17(25)11-8-14)21(30-23)15-5-3-2-4-6-15/h2-13H,1H3,(H,26,27,28). The van der Waals surface area contributed by atoms with E-state index in [1.54, 1.807) is 37.4 Å². The maximum atomic E-state index is 13.4. The molecule has 7 heteroatoms. The molecule has 0 atom stereocenters. The van der Waals surface area contributed by atoms with E-state index in [-0.39, 0.29) is 11.7 Å². The van der Waals surface area contributed by atoms with E-state index in [0.717, 1.165) is 16.0 Å². The summed E-state index contributed by atoms with van der Waals surface area (Å²) in [6.45, 7) is 0. The van der Waals surface area contributed by atoms with E-state index < -0.39 is 0 Å². The first kappa shape index (κ1) is 20.3. The SMILES string of the molecule is COc1ccc(C(=O)Nc2nc(-c3ccc(F)cc3)c(-c3ccccc3)s2)cc1Br. The van der Waals surface area contributed by atoms with E-state index in [1.165, 1.54) is 23.5 Å². The van der Waals surface area contributed by atoms with Crippen molar-refractivity contribution < 1.29 is 13.9 Å². The normalized spacial score (nSPS) is 10.6. The number of aromatic nitrogens is 1. The van der Waals surface area contributed by atoms with Gasteiger partial charge in [-0.15, -0.1) is 0 Å². The highest BCUT2D eigenvalue weighted by Gasteiger charge is 2.17. The quantitative estimate of drug-likeness (QED) is 0.346. The van der Waals surface area contributed by atoms with Gasteiger partial charge in [-0.1, -0.05) is 41.7 Å². The van der Waals surface area contributed by atoms with Crippen LogP contribution in [0.25, 0.3) is 21.7 Å². The lowest BCUT2D eigenvalue weighted by Gasteiger charge is -2.06. The number of nitrogens with zero attached hydrogens (tertiary/aromatic N) is 1. The number of methoxy groups -OCH3 is 1. The van der Waals surface area contributed by atoms with Gasteiger partial charge in [0.05, 0.1) is 22.2 Å². The Morgan fingerprint density at radius 2 is 1.77 bits per heavy atom. The number of anilines is 1. The van der Waals surface area contributed by atoms with Crippen molar-refractivity contribution in [2.24, 2.45) is 0 Å². The summed E-state index contributed by atoms with van der Waals surface area (Å²) in [5, 5.41) is 3.33. The molecule has 0 aliphatic heterocycles. The molecule has 1 N–H and O–H groups in total. The predicted octanol–water partition coefficient (Wildman–Crippen LogP) is 6.64. The number of hydrogen-bond acceptors (Lipinski definition) is 4. The van der Waals surface area contributed by atoms with Crippen LogP contribution in [0.4, 0.5) is 9.52 Å². The summed E-state index contributed by atoms with van der Waals surface area (Å²) in [6.07, 6.45) is 0. The molecule has 4 nitrogen and oxygen atoms in total. The van der Waals surface area contributed by atoms with Crippen molar-refractivity contribution in [2.75, 3.05) is 12.4 Å². The molecule has 3 aromatic carbocycles. The van der Waals surface area contributed by atoms with Crippen molar-refractivity contribution in [2.45, 2.75) is 0 Å². The topological polar surface area (TPSA) is 51.2 Å². The largest absolute Gasteiger partial charge is 0.496 e. The minimum Gasteiger partial charge on any atom is -0.496 e. The molecule has 0 saturated heterocycles. The molecule has 0 saturated carbocycles. The van der Waals surface area contributed by atoms with Gasteiger partial charge in [-0.3, -0.25) is 10.1 Å². The maximum absolute atomic E-state index is 13.4. The van der Waals surface area contributed by atoms with E-state index in [9.17, 15) is 9.18 Å². The summed E-state index contributed by atoms with van der Waals surface area (Å²) in [7, 11) is 1.57. The van der Waals surface area contributed by atoms with Crippen LogP contribution in [0.2, 0.25) is 0 Å². The van der Waals surface area contributed by atoms with Crippen LogP contribution in [0.5, 0.6) is 5.75 Å².